The number of para-hydroxylation sites is 1. The summed E-state index contributed by atoms with van der Waals surface area (Å²) in [5.74, 6) is 1.13. The van der Waals surface area contributed by atoms with E-state index >= 15 is 0 Å². The Morgan fingerprint density at radius 1 is 1.23 bits per heavy atom. The van der Waals surface area contributed by atoms with Crippen LogP contribution in [-0.4, -0.2) is 24.8 Å². The number of hydrogen-bond acceptors (Lipinski definition) is 5. The van der Waals surface area contributed by atoms with Gasteiger partial charge in [-0.1, -0.05) is 18.2 Å². The van der Waals surface area contributed by atoms with Crippen LogP contribution in [0, 0.1) is 0 Å². The highest BCUT2D eigenvalue weighted by Gasteiger charge is 2.14. The fraction of sp³-hybridized carbons (Fsp3) is 0.118. The van der Waals surface area contributed by atoms with Gasteiger partial charge in [0.25, 0.3) is 0 Å². The predicted octanol–water partition coefficient (Wildman–Crippen LogP) is 3.03. The van der Waals surface area contributed by atoms with Gasteiger partial charge in [-0.15, -0.1) is 0 Å². The number of rotatable bonds is 4. The molecule has 1 heterocycles. The molecule has 112 valence electrons. The SMILES string of the molecule is COc1cccc(C(=O)C=Cc2ccc3c(c2)OCO3)c1O. The fourth-order valence-corrected chi connectivity index (χ4v) is 2.16. The van der Waals surface area contributed by atoms with Crippen LogP contribution in [0.1, 0.15) is 15.9 Å². The van der Waals surface area contributed by atoms with Gasteiger partial charge in [0.05, 0.1) is 12.7 Å². The minimum atomic E-state index is -0.311. The number of hydrogen-bond donors (Lipinski definition) is 1. The summed E-state index contributed by atoms with van der Waals surface area (Å²) in [6.45, 7) is 0.207. The summed E-state index contributed by atoms with van der Waals surface area (Å²) in [6.07, 6.45) is 3.05. The summed E-state index contributed by atoms with van der Waals surface area (Å²) in [5, 5.41) is 9.97. The summed E-state index contributed by atoms with van der Waals surface area (Å²) in [6, 6.07) is 10.2. The quantitative estimate of drug-likeness (QED) is 0.694. The second kappa shape index (κ2) is 5.81. The van der Waals surface area contributed by atoms with Crippen molar-refractivity contribution in [3.63, 3.8) is 0 Å². The topological polar surface area (TPSA) is 65.0 Å². The number of benzene rings is 2. The van der Waals surface area contributed by atoms with Crippen LogP contribution >= 0.6 is 0 Å². The summed E-state index contributed by atoms with van der Waals surface area (Å²) in [7, 11) is 1.44. The molecule has 2 aromatic carbocycles. The molecular formula is C17H14O5. The van der Waals surface area contributed by atoms with Crippen molar-refractivity contribution < 1.29 is 24.1 Å². The molecule has 22 heavy (non-hydrogen) atoms. The lowest BCUT2D eigenvalue weighted by Crippen LogP contribution is -1.96. The lowest BCUT2D eigenvalue weighted by atomic mass is 10.1. The Kier molecular flexibility index (Phi) is 3.70. The van der Waals surface area contributed by atoms with E-state index in [1.807, 2.05) is 6.07 Å². The molecule has 0 radical (unpaired) electrons. The molecule has 0 saturated carbocycles. The van der Waals surface area contributed by atoms with Gasteiger partial charge in [-0.2, -0.15) is 0 Å². The second-order valence-corrected chi connectivity index (χ2v) is 4.67. The summed E-state index contributed by atoms with van der Waals surface area (Å²) >= 11 is 0. The Morgan fingerprint density at radius 2 is 2.05 bits per heavy atom. The molecule has 1 aliphatic rings. The molecule has 0 aliphatic carbocycles. The zero-order chi connectivity index (χ0) is 15.5. The molecule has 1 aliphatic heterocycles. The first-order chi connectivity index (χ1) is 10.7. The molecular weight excluding hydrogens is 284 g/mol. The van der Waals surface area contributed by atoms with Crippen molar-refractivity contribution in [1.82, 2.24) is 0 Å². The van der Waals surface area contributed by atoms with Crippen molar-refractivity contribution in [3.05, 3.63) is 53.6 Å². The van der Waals surface area contributed by atoms with E-state index in [0.29, 0.717) is 11.5 Å². The summed E-state index contributed by atoms with van der Waals surface area (Å²) < 4.78 is 15.5. The van der Waals surface area contributed by atoms with Crippen molar-refractivity contribution in [2.24, 2.45) is 0 Å². The number of ether oxygens (including phenoxy) is 3. The lowest BCUT2D eigenvalue weighted by Gasteiger charge is -2.06. The van der Waals surface area contributed by atoms with E-state index in [9.17, 15) is 9.90 Å². The average Bonchev–Trinajstić information content (AvgIpc) is 3.00. The monoisotopic (exact) mass is 298 g/mol. The van der Waals surface area contributed by atoms with E-state index in [1.54, 1.807) is 36.4 Å². The molecule has 0 atom stereocenters. The molecule has 0 unspecified atom stereocenters. The molecule has 2 aromatic rings. The third-order valence-corrected chi connectivity index (χ3v) is 3.31. The standard InChI is InChI=1S/C17H14O5/c1-20-15-4-2-3-12(17(15)19)13(18)7-5-11-6-8-14-16(9-11)22-10-21-14/h2-9,19H,10H2,1H3. The number of methoxy groups -OCH3 is 1. The number of fused-ring (bicyclic) bond motifs is 1. The van der Waals surface area contributed by atoms with Gasteiger partial charge in [-0.25, -0.2) is 0 Å². The first kappa shape index (κ1) is 14.0. The number of aromatic hydroxyl groups is 1. The normalized spacial score (nSPS) is 12.6. The zero-order valence-corrected chi connectivity index (χ0v) is 11.9. The van der Waals surface area contributed by atoms with Crippen LogP contribution in [0.15, 0.2) is 42.5 Å². The number of carbonyl (C=O) groups is 1. The van der Waals surface area contributed by atoms with Crippen LogP contribution in [0.4, 0.5) is 0 Å². The fourth-order valence-electron chi connectivity index (χ4n) is 2.16. The van der Waals surface area contributed by atoms with Gasteiger partial charge in [0.1, 0.15) is 0 Å². The molecule has 0 saturated heterocycles. The number of phenolic OH excluding ortho intramolecular Hbond substituents is 1. The van der Waals surface area contributed by atoms with Gasteiger partial charge < -0.3 is 19.3 Å². The number of ketones is 1. The van der Waals surface area contributed by atoms with Crippen molar-refractivity contribution in [2.45, 2.75) is 0 Å². The number of carbonyl (C=O) groups excluding carboxylic acids is 1. The Balaban J connectivity index is 1.82. The second-order valence-electron chi connectivity index (χ2n) is 4.67. The highest BCUT2D eigenvalue weighted by atomic mass is 16.7. The zero-order valence-electron chi connectivity index (χ0n) is 11.9. The predicted molar refractivity (Wildman–Crippen MR) is 80.6 cm³/mol. The Bertz CT molecular complexity index is 749. The number of allylic oxidation sites excluding steroid dienone is 1. The molecule has 1 N–H and O–H groups in total. The lowest BCUT2D eigenvalue weighted by molar-refractivity contribution is 0.104. The first-order valence-corrected chi connectivity index (χ1v) is 6.67. The van der Waals surface area contributed by atoms with Gasteiger partial charge in [-0.05, 0) is 35.9 Å². The van der Waals surface area contributed by atoms with E-state index in [-0.39, 0.29) is 29.6 Å². The van der Waals surface area contributed by atoms with Crippen LogP contribution in [0.3, 0.4) is 0 Å². The van der Waals surface area contributed by atoms with Gasteiger partial charge in [0, 0.05) is 0 Å². The van der Waals surface area contributed by atoms with Crippen LogP contribution in [0.25, 0.3) is 6.08 Å². The van der Waals surface area contributed by atoms with E-state index in [1.165, 1.54) is 13.2 Å². The van der Waals surface area contributed by atoms with Crippen LogP contribution < -0.4 is 14.2 Å². The molecule has 0 aromatic heterocycles. The molecule has 0 amide bonds. The van der Waals surface area contributed by atoms with E-state index in [2.05, 4.69) is 0 Å². The average molecular weight is 298 g/mol. The Hall–Kier alpha value is -2.95. The van der Waals surface area contributed by atoms with Gasteiger partial charge >= 0.3 is 0 Å². The van der Waals surface area contributed by atoms with Gasteiger partial charge in [0.15, 0.2) is 28.8 Å². The van der Waals surface area contributed by atoms with Crippen molar-refractivity contribution in [3.8, 4) is 23.0 Å². The third-order valence-electron chi connectivity index (χ3n) is 3.31. The molecule has 5 heteroatoms. The van der Waals surface area contributed by atoms with E-state index in [4.69, 9.17) is 14.2 Å². The summed E-state index contributed by atoms with van der Waals surface area (Å²) in [4.78, 5) is 12.2. The highest BCUT2D eigenvalue weighted by molar-refractivity contribution is 6.09. The van der Waals surface area contributed by atoms with Gasteiger partial charge in [-0.3, -0.25) is 4.79 Å². The third kappa shape index (κ3) is 2.61. The Morgan fingerprint density at radius 3 is 2.86 bits per heavy atom. The smallest absolute Gasteiger partial charge is 0.231 e. The van der Waals surface area contributed by atoms with Gasteiger partial charge in [0.2, 0.25) is 6.79 Å². The van der Waals surface area contributed by atoms with Crippen LogP contribution in [0.5, 0.6) is 23.0 Å². The first-order valence-electron chi connectivity index (χ1n) is 6.67. The maximum atomic E-state index is 12.2. The van der Waals surface area contributed by atoms with Crippen molar-refractivity contribution in [1.29, 1.82) is 0 Å². The molecule has 5 nitrogen and oxygen atoms in total. The van der Waals surface area contributed by atoms with Crippen molar-refractivity contribution >= 4 is 11.9 Å². The van der Waals surface area contributed by atoms with E-state index in [0.717, 1.165) is 5.56 Å². The van der Waals surface area contributed by atoms with E-state index < -0.39 is 0 Å². The summed E-state index contributed by atoms with van der Waals surface area (Å²) in [5.41, 5.74) is 0.997. The minimum Gasteiger partial charge on any atom is -0.504 e. The Labute approximate surface area is 127 Å². The molecule has 0 fully saturated rings. The van der Waals surface area contributed by atoms with Crippen LogP contribution in [0.2, 0.25) is 0 Å². The molecule has 3 rings (SSSR count). The number of phenols is 1. The molecule has 0 bridgehead atoms. The van der Waals surface area contributed by atoms with Crippen LogP contribution in [-0.2, 0) is 0 Å². The minimum absolute atomic E-state index is 0.162. The highest BCUT2D eigenvalue weighted by Crippen LogP contribution is 2.33. The molecule has 0 spiro atoms. The van der Waals surface area contributed by atoms with Crippen molar-refractivity contribution in [2.75, 3.05) is 13.9 Å². The largest absolute Gasteiger partial charge is 0.504 e. The maximum Gasteiger partial charge on any atom is 0.231 e. The maximum absolute atomic E-state index is 12.2.